The SMILES string of the molecule is NCCn1nnnc1-c1ccc(F)c2ccccc12. The molecule has 5 nitrogen and oxygen atoms in total. The zero-order valence-electron chi connectivity index (χ0n) is 10.1. The van der Waals surface area contributed by atoms with Crippen molar-refractivity contribution < 1.29 is 4.39 Å². The monoisotopic (exact) mass is 257 g/mol. The second-order valence-corrected chi connectivity index (χ2v) is 4.15. The van der Waals surface area contributed by atoms with Crippen molar-refractivity contribution >= 4 is 10.8 Å². The number of hydrogen-bond donors (Lipinski definition) is 1. The van der Waals surface area contributed by atoms with Crippen molar-refractivity contribution in [2.24, 2.45) is 5.73 Å². The van der Waals surface area contributed by atoms with Gasteiger partial charge in [-0.15, -0.1) is 5.10 Å². The average Bonchev–Trinajstić information content (AvgIpc) is 2.88. The lowest BCUT2D eigenvalue weighted by Gasteiger charge is -2.07. The predicted octanol–water partition coefficient (Wildman–Crippen LogP) is 1.59. The molecule has 0 aliphatic heterocycles. The van der Waals surface area contributed by atoms with Gasteiger partial charge >= 0.3 is 0 Å². The van der Waals surface area contributed by atoms with Gasteiger partial charge in [0.1, 0.15) is 5.82 Å². The molecule has 2 N–H and O–H groups in total. The Morgan fingerprint density at radius 1 is 1.11 bits per heavy atom. The minimum Gasteiger partial charge on any atom is -0.329 e. The van der Waals surface area contributed by atoms with Crippen molar-refractivity contribution in [2.45, 2.75) is 6.54 Å². The van der Waals surface area contributed by atoms with Crippen LogP contribution in [0.3, 0.4) is 0 Å². The standard InChI is InChI=1S/C13H12FN5/c14-12-6-5-11(9-3-1-2-4-10(9)12)13-16-17-18-19(13)8-7-15/h1-6H,7-8,15H2. The summed E-state index contributed by atoms with van der Waals surface area (Å²) in [4.78, 5) is 0. The number of rotatable bonds is 3. The maximum atomic E-state index is 13.8. The van der Waals surface area contributed by atoms with E-state index in [9.17, 15) is 4.39 Å². The highest BCUT2D eigenvalue weighted by molar-refractivity contribution is 5.95. The average molecular weight is 257 g/mol. The van der Waals surface area contributed by atoms with E-state index in [1.807, 2.05) is 12.1 Å². The molecule has 1 aromatic heterocycles. The van der Waals surface area contributed by atoms with Crippen molar-refractivity contribution in [3.05, 3.63) is 42.2 Å². The fraction of sp³-hybridized carbons (Fsp3) is 0.154. The molecule has 3 aromatic rings. The molecule has 2 aromatic carbocycles. The molecule has 0 saturated carbocycles. The second-order valence-electron chi connectivity index (χ2n) is 4.15. The summed E-state index contributed by atoms with van der Waals surface area (Å²) in [6.45, 7) is 0.963. The third-order valence-corrected chi connectivity index (χ3v) is 2.98. The van der Waals surface area contributed by atoms with Crippen molar-refractivity contribution in [1.29, 1.82) is 0 Å². The van der Waals surface area contributed by atoms with E-state index in [0.717, 1.165) is 10.9 Å². The van der Waals surface area contributed by atoms with Crippen LogP contribution in [0.15, 0.2) is 36.4 Å². The number of nitrogens with zero attached hydrogens (tertiary/aromatic N) is 4. The van der Waals surface area contributed by atoms with Gasteiger partial charge in [0.2, 0.25) is 0 Å². The molecule has 0 radical (unpaired) electrons. The van der Waals surface area contributed by atoms with E-state index in [0.29, 0.717) is 24.3 Å². The van der Waals surface area contributed by atoms with E-state index in [1.54, 1.807) is 22.9 Å². The van der Waals surface area contributed by atoms with Crippen molar-refractivity contribution in [1.82, 2.24) is 20.2 Å². The molecule has 19 heavy (non-hydrogen) atoms. The Balaban J connectivity index is 2.25. The molecule has 0 bridgehead atoms. The van der Waals surface area contributed by atoms with Crippen LogP contribution in [-0.4, -0.2) is 26.8 Å². The molecule has 3 rings (SSSR count). The number of benzene rings is 2. The first-order valence-electron chi connectivity index (χ1n) is 5.95. The fourth-order valence-corrected chi connectivity index (χ4v) is 2.13. The first-order chi connectivity index (χ1) is 9.31. The molecule has 0 saturated heterocycles. The topological polar surface area (TPSA) is 69.6 Å². The van der Waals surface area contributed by atoms with Crippen molar-refractivity contribution in [3.8, 4) is 11.4 Å². The Labute approximate surface area is 108 Å². The Bertz CT molecular complexity index is 722. The highest BCUT2D eigenvalue weighted by atomic mass is 19.1. The van der Waals surface area contributed by atoms with Crippen LogP contribution in [0.2, 0.25) is 0 Å². The van der Waals surface area contributed by atoms with Crippen LogP contribution in [0.4, 0.5) is 4.39 Å². The zero-order chi connectivity index (χ0) is 13.2. The van der Waals surface area contributed by atoms with Crippen LogP contribution in [0.1, 0.15) is 0 Å². The summed E-state index contributed by atoms with van der Waals surface area (Å²) in [6.07, 6.45) is 0. The highest BCUT2D eigenvalue weighted by Crippen LogP contribution is 2.28. The summed E-state index contributed by atoms with van der Waals surface area (Å²) in [5, 5.41) is 12.9. The maximum Gasteiger partial charge on any atom is 0.182 e. The van der Waals surface area contributed by atoms with Gasteiger partial charge in [-0.3, -0.25) is 0 Å². The van der Waals surface area contributed by atoms with E-state index < -0.39 is 0 Å². The van der Waals surface area contributed by atoms with Gasteiger partial charge in [0, 0.05) is 17.5 Å². The van der Waals surface area contributed by atoms with Gasteiger partial charge in [0.05, 0.1) is 6.54 Å². The molecular weight excluding hydrogens is 245 g/mol. The van der Waals surface area contributed by atoms with Crippen LogP contribution in [0, 0.1) is 5.82 Å². The van der Waals surface area contributed by atoms with Crippen LogP contribution < -0.4 is 5.73 Å². The van der Waals surface area contributed by atoms with Gasteiger partial charge < -0.3 is 5.73 Å². The molecule has 0 fully saturated rings. The van der Waals surface area contributed by atoms with Gasteiger partial charge in [-0.25, -0.2) is 9.07 Å². The van der Waals surface area contributed by atoms with Crippen molar-refractivity contribution in [2.75, 3.05) is 6.54 Å². The summed E-state index contributed by atoms with van der Waals surface area (Å²) >= 11 is 0. The van der Waals surface area contributed by atoms with E-state index >= 15 is 0 Å². The minimum absolute atomic E-state index is 0.253. The first-order valence-corrected chi connectivity index (χ1v) is 5.95. The molecule has 0 atom stereocenters. The van der Waals surface area contributed by atoms with Gasteiger partial charge in [0.25, 0.3) is 0 Å². The third-order valence-electron chi connectivity index (χ3n) is 2.98. The maximum absolute atomic E-state index is 13.8. The molecule has 0 unspecified atom stereocenters. The lowest BCUT2D eigenvalue weighted by molar-refractivity contribution is 0.603. The van der Waals surface area contributed by atoms with E-state index in [2.05, 4.69) is 15.5 Å². The van der Waals surface area contributed by atoms with Crippen LogP contribution in [0.25, 0.3) is 22.2 Å². The highest BCUT2D eigenvalue weighted by Gasteiger charge is 2.13. The normalized spacial score (nSPS) is 11.1. The smallest absolute Gasteiger partial charge is 0.182 e. The van der Waals surface area contributed by atoms with Crippen LogP contribution >= 0.6 is 0 Å². The van der Waals surface area contributed by atoms with Crippen LogP contribution in [0.5, 0.6) is 0 Å². The van der Waals surface area contributed by atoms with Crippen LogP contribution in [-0.2, 0) is 6.54 Å². The molecule has 1 heterocycles. The minimum atomic E-state index is -0.253. The summed E-state index contributed by atoms with van der Waals surface area (Å²) in [6, 6.07) is 10.4. The molecule has 0 aliphatic carbocycles. The predicted molar refractivity (Wildman–Crippen MR) is 69.8 cm³/mol. The first kappa shape index (κ1) is 11.7. The van der Waals surface area contributed by atoms with Gasteiger partial charge in [-0.1, -0.05) is 24.3 Å². The van der Waals surface area contributed by atoms with E-state index in [1.165, 1.54) is 6.07 Å². The molecule has 0 aliphatic rings. The molecule has 6 heteroatoms. The largest absolute Gasteiger partial charge is 0.329 e. The Morgan fingerprint density at radius 2 is 1.89 bits per heavy atom. The number of nitrogens with two attached hydrogens (primary N) is 1. The number of aromatic nitrogens is 4. The fourth-order valence-electron chi connectivity index (χ4n) is 2.13. The Hall–Kier alpha value is -2.34. The van der Waals surface area contributed by atoms with E-state index in [4.69, 9.17) is 5.73 Å². The number of fused-ring (bicyclic) bond motifs is 1. The Kier molecular flexibility index (Phi) is 2.92. The number of hydrogen-bond acceptors (Lipinski definition) is 4. The summed E-state index contributed by atoms with van der Waals surface area (Å²) < 4.78 is 15.4. The zero-order valence-corrected chi connectivity index (χ0v) is 10.1. The lowest BCUT2D eigenvalue weighted by atomic mass is 10.0. The number of halogens is 1. The summed E-state index contributed by atoms with van der Waals surface area (Å²) in [7, 11) is 0. The van der Waals surface area contributed by atoms with Gasteiger partial charge in [0.15, 0.2) is 5.82 Å². The third kappa shape index (κ3) is 1.96. The van der Waals surface area contributed by atoms with Gasteiger partial charge in [-0.2, -0.15) is 0 Å². The molecule has 96 valence electrons. The lowest BCUT2D eigenvalue weighted by Crippen LogP contribution is -2.12. The second kappa shape index (κ2) is 4.74. The van der Waals surface area contributed by atoms with Crippen molar-refractivity contribution in [3.63, 3.8) is 0 Å². The van der Waals surface area contributed by atoms with E-state index in [-0.39, 0.29) is 5.82 Å². The summed E-state index contributed by atoms with van der Waals surface area (Å²) in [5.74, 6) is 0.346. The number of tetrazole rings is 1. The quantitative estimate of drug-likeness (QED) is 0.773. The molecule has 0 amide bonds. The Morgan fingerprint density at radius 3 is 2.68 bits per heavy atom. The van der Waals surface area contributed by atoms with Gasteiger partial charge in [-0.05, 0) is 27.9 Å². The summed E-state index contributed by atoms with van der Waals surface area (Å²) in [5.41, 5.74) is 6.33. The molecule has 0 spiro atoms. The molecular formula is C13H12FN5.